The van der Waals surface area contributed by atoms with Crippen LogP contribution in [0.2, 0.25) is 0 Å². The summed E-state index contributed by atoms with van der Waals surface area (Å²) in [6.07, 6.45) is 2.62. The molecule has 1 aromatic carbocycles. The topological polar surface area (TPSA) is 32.3 Å². The number of rotatable bonds is 7. The molecule has 1 unspecified atom stereocenters. The molecule has 0 aromatic heterocycles. The quantitative estimate of drug-likeness (QED) is 0.836. The number of likely N-dealkylation sites (tertiary alicyclic amines) is 1. The average Bonchev–Trinajstić information content (AvgIpc) is 2.53. The maximum Gasteiger partial charge on any atom is 0.251 e. The molecule has 122 valence electrons. The van der Waals surface area contributed by atoms with Crippen LogP contribution in [0.15, 0.2) is 24.3 Å². The van der Waals surface area contributed by atoms with E-state index in [0.717, 1.165) is 36.1 Å². The standard InChI is InChI=1S/C18H28N2OS/c1-3-22-14-16-6-8-17(9-7-16)18(21)19-10-12-20-11-4-5-15(2)13-20/h6-9,15H,3-5,10-14H2,1-2H3,(H,19,21). The Kier molecular flexibility index (Phi) is 7.26. The van der Waals surface area contributed by atoms with Crippen LogP contribution in [0.5, 0.6) is 0 Å². The number of benzene rings is 1. The van der Waals surface area contributed by atoms with Gasteiger partial charge in [-0.3, -0.25) is 4.79 Å². The Morgan fingerprint density at radius 3 is 2.82 bits per heavy atom. The Labute approximate surface area is 138 Å². The lowest BCUT2D eigenvalue weighted by Gasteiger charge is -2.30. The highest BCUT2D eigenvalue weighted by molar-refractivity contribution is 7.98. The zero-order valence-corrected chi connectivity index (χ0v) is 14.6. The van der Waals surface area contributed by atoms with E-state index in [1.807, 2.05) is 23.9 Å². The molecule has 0 spiro atoms. The summed E-state index contributed by atoms with van der Waals surface area (Å²) in [5.41, 5.74) is 2.04. The number of carbonyl (C=O) groups is 1. The second kappa shape index (κ2) is 9.21. The molecular weight excluding hydrogens is 292 g/mol. The minimum absolute atomic E-state index is 0.0414. The van der Waals surface area contributed by atoms with Crippen molar-refractivity contribution in [2.24, 2.45) is 5.92 Å². The number of amides is 1. The van der Waals surface area contributed by atoms with Crippen LogP contribution in [0.25, 0.3) is 0 Å². The van der Waals surface area contributed by atoms with E-state index in [-0.39, 0.29) is 5.91 Å². The van der Waals surface area contributed by atoms with Gasteiger partial charge in [-0.15, -0.1) is 0 Å². The number of nitrogens with zero attached hydrogens (tertiary/aromatic N) is 1. The molecule has 3 nitrogen and oxygen atoms in total. The lowest BCUT2D eigenvalue weighted by molar-refractivity contribution is 0.0944. The molecule has 1 heterocycles. The maximum atomic E-state index is 12.1. The Bertz CT molecular complexity index is 461. The molecule has 1 aliphatic heterocycles. The van der Waals surface area contributed by atoms with Crippen LogP contribution in [0.3, 0.4) is 0 Å². The number of thioether (sulfide) groups is 1. The van der Waals surface area contributed by atoms with E-state index in [0.29, 0.717) is 0 Å². The monoisotopic (exact) mass is 320 g/mol. The lowest BCUT2D eigenvalue weighted by Crippen LogP contribution is -2.40. The third kappa shape index (κ3) is 5.65. The van der Waals surface area contributed by atoms with Gasteiger partial charge in [-0.25, -0.2) is 0 Å². The fraction of sp³-hybridized carbons (Fsp3) is 0.611. The third-order valence-corrected chi connectivity index (χ3v) is 5.09. The molecule has 1 fully saturated rings. The lowest BCUT2D eigenvalue weighted by atomic mass is 10.0. The van der Waals surface area contributed by atoms with Gasteiger partial charge in [-0.2, -0.15) is 11.8 Å². The van der Waals surface area contributed by atoms with Crippen molar-refractivity contribution < 1.29 is 4.79 Å². The highest BCUT2D eigenvalue weighted by Gasteiger charge is 2.15. The van der Waals surface area contributed by atoms with E-state index in [9.17, 15) is 4.79 Å². The summed E-state index contributed by atoms with van der Waals surface area (Å²) >= 11 is 1.90. The highest BCUT2D eigenvalue weighted by atomic mass is 32.2. The second-order valence-corrected chi connectivity index (χ2v) is 7.41. The minimum Gasteiger partial charge on any atom is -0.351 e. The Balaban J connectivity index is 1.72. The number of nitrogens with one attached hydrogen (secondary N) is 1. The van der Waals surface area contributed by atoms with Crippen molar-refractivity contribution >= 4 is 17.7 Å². The van der Waals surface area contributed by atoms with Gasteiger partial charge in [0.1, 0.15) is 0 Å². The second-order valence-electron chi connectivity index (χ2n) is 6.14. The number of piperidine rings is 1. The first-order chi connectivity index (χ1) is 10.7. The number of carbonyl (C=O) groups excluding carboxylic acids is 1. The highest BCUT2D eigenvalue weighted by Crippen LogP contribution is 2.15. The van der Waals surface area contributed by atoms with Crippen LogP contribution >= 0.6 is 11.8 Å². The predicted octanol–water partition coefficient (Wildman–Crippen LogP) is 3.40. The van der Waals surface area contributed by atoms with Crippen LogP contribution in [0, 0.1) is 5.92 Å². The van der Waals surface area contributed by atoms with Crippen molar-refractivity contribution in [1.82, 2.24) is 10.2 Å². The first-order valence-corrected chi connectivity index (χ1v) is 9.51. The van der Waals surface area contributed by atoms with Crippen LogP contribution in [0.1, 0.15) is 42.6 Å². The first kappa shape index (κ1) is 17.4. The van der Waals surface area contributed by atoms with Gasteiger partial charge in [0.25, 0.3) is 5.91 Å². The molecule has 0 aliphatic carbocycles. The zero-order valence-electron chi connectivity index (χ0n) is 13.8. The first-order valence-electron chi connectivity index (χ1n) is 8.36. The Morgan fingerprint density at radius 2 is 2.14 bits per heavy atom. The fourth-order valence-corrected chi connectivity index (χ4v) is 3.52. The van der Waals surface area contributed by atoms with Crippen molar-refractivity contribution in [1.29, 1.82) is 0 Å². The Morgan fingerprint density at radius 1 is 1.36 bits per heavy atom. The minimum atomic E-state index is 0.0414. The predicted molar refractivity (Wildman–Crippen MR) is 95.4 cm³/mol. The normalized spacial score (nSPS) is 19.1. The Hall–Kier alpha value is -1.00. The van der Waals surface area contributed by atoms with Crippen molar-refractivity contribution in [3.63, 3.8) is 0 Å². The summed E-state index contributed by atoms with van der Waals surface area (Å²) < 4.78 is 0. The largest absolute Gasteiger partial charge is 0.351 e. The molecule has 0 radical (unpaired) electrons. The van der Waals surface area contributed by atoms with E-state index >= 15 is 0 Å². The molecule has 2 rings (SSSR count). The van der Waals surface area contributed by atoms with Crippen molar-refractivity contribution in [2.45, 2.75) is 32.4 Å². The summed E-state index contributed by atoms with van der Waals surface area (Å²) in [5.74, 6) is 2.97. The van der Waals surface area contributed by atoms with Gasteiger partial charge in [-0.1, -0.05) is 26.0 Å². The van der Waals surface area contributed by atoms with Gasteiger partial charge < -0.3 is 10.2 Å². The SMILES string of the molecule is CCSCc1ccc(C(=O)NCCN2CCCC(C)C2)cc1. The molecular formula is C18H28N2OS. The van der Waals surface area contributed by atoms with E-state index < -0.39 is 0 Å². The van der Waals surface area contributed by atoms with E-state index in [2.05, 4.69) is 36.2 Å². The molecule has 1 aliphatic rings. The zero-order chi connectivity index (χ0) is 15.8. The van der Waals surface area contributed by atoms with Crippen molar-refractivity contribution in [3.05, 3.63) is 35.4 Å². The van der Waals surface area contributed by atoms with E-state index in [1.54, 1.807) is 0 Å². The van der Waals surface area contributed by atoms with Gasteiger partial charge >= 0.3 is 0 Å². The van der Waals surface area contributed by atoms with Gasteiger partial charge in [0.05, 0.1) is 0 Å². The summed E-state index contributed by atoms with van der Waals surface area (Å²) in [4.78, 5) is 14.6. The van der Waals surface area contributed by atoms with E-state index in [1.165, 1.54) is 31.5 Å². The molecule has 4 heteroatoms. The number of hydrogen-bond acceptors (Lipinski definition) is 3. The summed E-state index contributed by atoms with van der Waals surface area (Å²) in [5, 5.41) is 3.04. The third-order valence-electron chi connectivity index (χ3n) is 4.14. The number of hydrogen-bond donors (Lipinski definition) is 1. The summed E-state index contributed by atoms with van der Waals surface area (Å²) in [7, 11) is 0. The summed E-state index contributed by atoms with van der Waals surface area (Å²) in [6, 6.07) is 7.99. The molecule has 1 N–H and O–H groups in total. The van der Waals surface area contributed by atoms with E-state index in [4.69, 9.17) is 0 Å². The van der Waals surface area contributed by atoms with Gasteiger partial charge in [0.2, 0.25) is 0 Å². The van der Waals surface area contributed by atoms with Gasteiger partial charge in [0, 0.05) is 31.0 Å². The van der Waals surface area contributed by atoms with Crippen LogP contribution in [-0.2, 0) is 5.75 Å². The van der Waals surface area contributed by atoms with Crippen molar-refractivity contribution in [3.8, 4) is 0 Å². The van der Waals surface area contributed by atoms with Crippen molar-refractivity contribution in [2.75, 3.05) is 31.9 Å². The molecule has 0 bridgehead atoms. The van der Waals surface area contributed by atoms with Crippen LogP contribution in [0.4, 0.5) is 0 Å². The smallest absolute Gasteiger partial charge is 0.251 e. The molecule has 22 heavy (non-hydrogen) atoms. The molecule has 1 aromatic rings. The molecule has 0 saturated carbocycles. The maximum absolute atomic E-state index is 12.1. The van der Waals surface area contributed by atoms with Crippen LogP contribution in [-0.4, -0.2) is 42.7 Å². The van der Waals surface area contributed by atoms with Gasteiger partial charge in [-0.05, 0) is 48.8 Å². The summed E-state index contributed by atoms with van der Waals surface area (Å²) in [6.45, 7) is 8.50. The fourth-order valence-electron chi connectivity index (χ4n) is 2.89. The molecule has 1 amide bonds. The molecule has 1 saturated heterocycles. The molecule has 1 atom stereocenters. The average molecular weight is 321 g/mol. The van der Waals surface area contributed by atoms with Gasteiger partial charge in [0.15, 0.2) is 0 Å². The van der Waals surface area contributed by atoms with Crippen LogP contribution < -0.4 is 5.32 Å².